The van der Waals surface area contributed by atoms with E-state index in [1.807, 2.05) is 12.3 Å². The van der Waals surface area contributed by atoms with Crippen LogP contribution in [0.5, 0.6) is 0 Å². The van der Waals surface area contributed by atoms with Crippen LogP contribution in [-0.4, -0.2) is 59.6 Å². The number of carbonyl (C=O) groups is 1. The molecule has 1 amide bonds. The van der Waals surface area contributed by atoms with Gasteiger partial charge < -0.3 is 9.64 Å². The number of nitrogens with zero attached hydrogens (tertiary/aromatic N) is 3. The van der Waals surface area contributed by atoms with Crippen LogP contribution >= 0.6 is 0 Å². The minimum absolute atomic E-state index is 0.207. The lowest BCUT2D eigenvalue weighted by Gasteiger charge is -2.36. The van der Waals surface area contributed by atoms with E-state index in [0.29, 0.717) is 12.3 Å². The molecular weight excluding hydrogens is 398 g/mol. The monoisotopic (exact) mass is 435 g/mol. The standard InChI is InChI=1S/C27H37N3O2/c1-22-6-2-3-8-25(22)20-29-15-12-24(13-16-29)19-30(21-26-9-5-17-32-26)27(31)11-10-23-7-4-14-28-18-23/h2-4,6-8,14,18,24,26H,5,9-13,15-17,19-21H2,1H3/t26-/m1/s1. The Kier molecular flexibility index (Phi) is 8.30. The maximum atomic E-state index is 13.2. The van der Waals surface area contributed by atoms with Gasteiger partial charge in [0.15, 0.2) is 0 Å². The Balaban J connectivity index is 1.29. The summed E-state index contributed by atoms with van der Waals surface area (Å²) in [4.78, 5) is 22.0. The maximum absolute atomic E-state index is 13.2. The third-order valence-electron chi connectivity index (χ3n) is 6.99. The molecule has 1 atom stereocenters. The lowest BCUT2D eigenvalue weighted by Crippen LogP contribution is -2.43. The second-order valence-corrected chi connectivity index (χ2v) is 9.44. The zero-order valence-electron chi connectivity index (χ0n) is 19.4. The molecule has 5 heteroatoms. The van der Waals surface area contributed by atoms with E-state index in [1.54, 1.807) is 6.20 Å². The highest BCUT2D eigenvalue weighted by molar-refractivity contribution is 5.76. The van der Waals surface area contributed by atoms with Crippen LogP contribution in [0.1, 0.15) is 48.8 Å². The molecule has 2 saturated heterocycles. The van der Waals surface area contributed by atoms with Crippen LogP contribution in [0.4, 0.5) is 0 Å². The summed E-state index contributed by atoms with van der Waals surface area (Å²) in [6.45, 7) is 7.89. The number of ether oxygens (including phenoxy) is 1. The van der Waals surface area contributed by atoms with Gasteiger partial charge in [-0.15, -0.1) is 0 Å². The first-order valence-electron chi connectivity index (χ1n) is 12.2. The SMILES string of the molecule is Cc1ccccc1CN1CCC(CN(C[C@H]2CCCO2)C(=O)CCc2cccnc2)CC1. The van der Waals surface area contributed by atoms with Crippen molar-refractivity contribution in [2.45, 2.75) is 58.1 Å². The molecule has 32 heavy (non-hydrogen) atoms. The number of carbonyl (C=O) groups excluding carboxylic acids is 1. The lowest BCUT2D eigenvalue weighted by atomic mass is 9.95. The highest BCUT2D eigenvalue weighted by Gasteiger charge is 2.27. The first-order chi connectivity index (χ1) is 15.7. The predicted octanol–water partition coefficient (Wildman–Crippen LogP) is 4.24. The molecule has 2 aromatic rings. The van der Waals surface area contributed by atoms with E-state index in [0.717, 1.165) is 77.0 Å². The summed E-state index contributed by atoms with van der Waals surface area (Å²) in [5.74, 6) is 0.832. The number of rotatable bonds is 9. The van der Waals surface area contributed by atoms with Gasteiger partial charge in [0.2, 0.25) is 5.91 Å². The van der Waals surface area contributed by atoms with Crippen LogP contribution in [0, 0.1) is 12.8 Å². The van der Waals surface area contributed by atoms with E-state index in [4.69, 9.17) is 4.74 Å². The minimum atomic E-state index is 0.207. The van der Waals surface area contributed by atoms with Crippen LogP contribution in [0.3, 0.4) is 0 Å². The number of aryl methyl sites for hydroxylation is 2. The van der Waals surface area contributed by atoms with Gasteiger partial charge in [-0.3, -0.25) is 14.7 Å². The summed E-state index contributed by atoms with van der Waals surface area (Å²) in [5.41, 5.74) is 3.93. The molecule has 3 heterocycles. The molecule has 0 N–H and O–H groups in total. The Hall–Kier alpha value is -2.24. The van der Waals surface area contributed by atoms with Crippen molar-refractivity contribution in [3.8, 4) is 0 Å². The predicted molar refractivity (Wildman–Crippen MR) is 127 cm³/mol. The van der Waals surface area contributed by atoms with Gasteiger partial charge >= 0.3 is 0 Å². The second kappa shape index (κ2) is 11.6. The van der Waals surface area contributed by atoms with Gasteiger partial charge in [-0.1, -0.05) is 30.3 Å². The maximum Gasteiger partial charge on any atom is 0.222 e. The molecule has 0 aliphatic carbocycles. The average Bonchev–Trinajstić information content (AvgIpc) is 3.34. The molecule has 0 unspecified atom stereocenters. The fourth-order valence-corrected chi connectivity index (χ4v) is 4.93. The Morgan fingerprint density at radius 1 is 1.12 bits per heavy atom. The third kappa shape index (κ3) is 6.63. The summed E-state index contributed by atoms with van der Waals surface area (Å²) >= 11 is 0. The summed E-state index contributed by atoms with van der Waals surface area (Å²) in [6.07, 6.45) is 9.64. The van der Waals surface area contributed by atoms with E-state index in [-0.39, 0.29) is 12.0 Å². The number of hydrogen-bond acceptors (Lipinski definition) is 4. The topological polar surface area (TPSA) is 45.7 Å². The highest BCUT2D eigenvalue weighted by Crippen LogP contribution is 2.23. The van der Waals surface area contributed by atoms with Crippen LogP contribution in [-0.2, 0) is 22.5 Å². The fraction of sp³-hybridized carbons (Fsp3) is 0.556. The smallest absolute Gasteiger partial charge is 0.222 e. The molecule has 4 rings (SSSR count). The first-order valence-corrected chi connectivity index (χ1v) is 12.2. The van der Waals surface area contributed by atoms with Crippen LogP contribution in [0.2, 0.25) is 0 Å². The van der Waals surface area contributed by atoms with E-state index >= 15 is 0 Å². The number of hydrogen-bond donors (Lipinski definition) is 0. The van der Waals surface area contributed by atoms with Crippen molar-refractivity contribution in [2.24, 2.45) is 5.92 Å². The summed E-state index contributed by atoms with van der Waals surface area (Å²) < 4.78 is 5.87. The van der Waals surface area contributed by atoms with Crippen LogP contribution < -0.4 is 0 Å². The minimum Gasteiger partial charge on any atom is -0.376 e. The summed E-state index contributed by atoms with van der Waals surface area (Å²) in [5, 5.41) is 0. The van der Waals surface area contributed by atoms with E-state index in [2.05, 4.69) is 52.0 Å². The van der Waals surface area contributed by atoms with Gasteiger partial charge in [0.1, 0.15) is 0 Å². The Morgan fingerprint density at radius 3 is 2.69 bits per heavy atom. The van der Waals surface area contributed by atoms with Crippen molar-refractivity contribution in [1.82, 2.24) is 14.8 Å². The Bertz CT molecular complexity index is 843. The molecule has 0 spiro atoms. The summed E-state index contributed by atoms with van der Waals surface area (Å²) in [6, 6.07) is 12.7. The molecule has 2 aliphatic heterocycles. The molecule has 2 aliphatic rings. The number of amides is 1. The molecule has 0 saturated carbocycles. The number of likely N-dealkylation sites (tertiary alicyclic amines) is 1. The number of benzene rings is 1. The largest absolute Gasteiger partial charge is 0.376 e. The second-order valence-electron chi connectivity index (χ2n) is 9.44. The zero-order valence-corrected chi connectivity index (χ0v) is 19.4. The molecule has 2 fully saturated rings. The number of aromatic nitrogens is 1. The normalized spacial score (nSPS) is 19.8. The van der Waals surface area contributed by atoms with Crippen molar-refractivity contribution in [3.05, 3.63) is 65.5 Å². The van der Waals surface area contributed by atoms with Crippen molar-refractivity contribution >= 4 is 5.91 Å². The van der Waals surface area contributed by atoms with Gasteiger partial charge in [-0.05, 0) is 80.8 Å². The van der Waals surface area contributed by atoms with Crippen molar-refractivity contribution in [1.29, 1.82) is 0 Å². The van der Waals surface area contributed by atoms with Gasteiger partial charge in [0.05, 0.1) is 6.10 Å². The molecule has 172 valence electrons. The van der Waals surface area contributed by atoms with Crippen molar-refractivity contribution < 1.29 is 9.53 Å². The zero-order chi connectivity index (χ0) is 22.2. The van der Waals surface area contributed by atoms with Crippen molar-refractivity contribution in [2.75, 3.05) is 32.8 Å². The highest BCUT2D eigenvalue weighted by atomic mass is 16.5. The average molecular weight is 436 g/mol. The van der Waals surface area contributed by atoms with Gasteiger partial charge in [-0.25, -0.2) is 0 Å². The molecule has 0 bridgehead atoms. The Morgan fingerprint density at radius 2 is 1.97 bits per heavy atom. The molecule has 1 aromatic heterocycles. The van der Waals surface area contributed by atoms with Gasteiger partial charge in [0.25, 0.3) is 0 Å². The summed E-state index contributed by atoms with van der Waals surface area (Å²) in [7, 11) is 0. The van der Waals surface area contributed by atoms with Crippen LogP contribution in [0.15, 0.2) is 48.8 Å². The van der Waals surface area contributed by atoms with E-state index in [1.165, 1.54) is 11.1 Å². The quantitative estimate of drug-likeness (QED) is 0.591. The van der Waals surface area contributed by atoms with Crippen molar-refractivity contribution in [3.63, 3.8) is 0 Å². The molecule has 1 aromatic carbocycles. The molecule has 5 nitrogen and oxygen atoms in total. The van der Waals surface area contributed by atoms with Crippen LogP contribution in [0.25, 0.3) is 0 Å². The van der Waals surface area contributed by atoms with Gasteiger partial charge in [0, 0.05) is 45.1 Å². The third-order valence-corrected chi connectivity index (χ3v) is 6.99. The molecule has 0 radical (unpaired) electrons. The number of pyridine rings is 1. The number of piperidine rings is 1. The lowest BCUT2D eigenvalue weighted by molar-refractivity contribution is -0.133. The van der Waals surface area contributed by atoms with E-state index < -0.39 is 0 Å². The molecular formula is C27H37N3O2. The Labute approximate surface area is 192 Å². The first kappa shape index (κ1) is 22.9. The van der Waals surface area contributed by atoms with Gasteiger partial charge in [-0.2, -0.15) is 0 Å². The fourth-order valence-electron chi connectivity index (χ4n) is 4.93. The van der Waals surface area contributed by atoms with E-state index in [9.17, 15) is 4.79 Å².